The summed E-state index contributed by atoms with van der Waals surface area (Å²) >= 11 is 1.76. The number of piperazine rings is 1. The summed E-state index contributed by atoms with van der Waals surface area (Å²) in [6, 6.07) is 12.7. The fourth-order valence-corrected chi connectivity index (χ4v) is 7.83. The van der Waals surface area contributed by atoms with E-state index in [-0.39, 0.29) is 23.0 Å². The number of amides is 1. The van der Waals surface area contributed by atoms with E-state index in [0.29, 0.717) is 25.2 Å². The predicted octanol–water partition coefficient (Wildman–Crippen LogP) is 3.21. The highest BCUT2D eigenvalue weighted by Gasteiger charge is 2.32. The van der Waals surface area contributed by atoms with Gasteiger partial charge in [-0.25, -0.2) is 13.4 Å². The molecule has 3 aromatic rings. The van der Waals surface area contributed by atoms with Gasteiger partial charge < -0.3 is 15.0 Å². The lowest BCUT2D eigenvalue weighted by Crippen LogP contribution is -2.48. The minimum absolute atomic E-state index is 0.155. The van der Waals surface area contributed by atoms with Crippen molar-refractivity contribution in [1.82, 2.24) is 19.5 Å². The van der Waals surface area contributed by atoms with Gasteiger partial charge in [-0.1, -0.05) is 24.3 Å². The molecule has 1 amide bonds. The molecule has 2 fully saturated rings. The summed E-state index contributed by atoms with van der Waals surface area (Å²) in [5.74, 6) is -0.202. The molecule has 2 unspecified atom stereocenters. The number of sulfonamides is 1. The van der Waals surface area contributed by atoms with Crippen LogP contribution in [-0.4, -0.2) is 93.1 Å². The van der Waals surface area contributed by atoms with Crippen molar-refractivity contribution in [3.8, 4) is 0 Å². The summed E-state index contributed by atoms with van der Waals surface area (Å²) in [6.45, 7) is 11.5. The molecular formula is C28H37N5O4S2. The van der Waals surface area contributed by atoms with Gasteiger partial charge >= 0.3 is 0 Å². The molecule has 2 aromatic carbocycles. The number of carbonyl (C=O) groups excluding carboxylic acids is 1. The summed E-state index contributed by atoms with van der Waals surface area (Å²) in [5, 5.41) is 4.05. The van der Waals surface area contributed by atoms with Gasteiger partial charge in [-0.15, -0.1) is 0 Å². The number of thiazole rings is 1. The number of hydrogen-bond donors (Lipinski definition) is 1. The lowest BCUT2D eigenvalue weighted by Gasteiger charge is -2.34. The first-order chi connectivity index (χ1) is 18.7. The second kappa shape index (κ2) is 11.9. The molecule has 0 saturated carbocycles. The molecule has 210 valence electrons. The molecule has 2 saturated heterocycles. The van der Waals surface area contributed by atoms with Crippen molar-refractivity contribution in [3.05, 3.63) is 53.6 Å². The first kappa shape index (κ1) is 28.0. The van der Waals surface area contributed by atoms with Crippen LogP contribution in [0.2, 0.25) is 0 Å². The topological polar surface area (TPSA) is 95.1 Å². The predicted molar refractivity (Wildman–Crippen MR) is 155 cm³/mol. The third-order valence-electron chi connectivity index (χ3n) is 7.35. The number of nitrogens with one attached hydrogen (secondary N) is 1. The second-order valence-electron chi connectivity index (χ2n) is 10.3. The number of aryl methyl sites for hydroxylation is 1. The van der Waals surface area contributed by atoms with E-state index < -0.39 is 10.0 Å². The van der Waals surface area contributed by atoms with Gasteiger partial charge in [-0.05, 0) is 62.2 Å². The molecule has 2 aliphatic rings. The third-order valence-corrected chi connectivity index (χ3v) is 10.3. The Morgan fingerprint density at radius 3 is 2.41 bits per heavy atom. The summed E-state index contributed by atoms with van der Waals surface area (Å²) in [5.41, 5.74) is 2.85. The normalized spacial score (nSPS) is 21.4. The van der Waals surface area contributed by atoms with Crippen molar-refractivity contribution >= 4 is 42.6 Å². The third kappa shape index (κ3) is 6.44. The van der Waals surface area contributed by atoms with Gasteiger partial charge in [0, 0.05) is 57.9 Å². The number of benzene rings is 2. The van der Waals surface area contributed by atoms with Gasteiger partial charge in [0.15, 0.2) is 5.13 Å². The molecular weight excluding hydrogens is 534 g/mol. The number of rotatable bonds is 8. The fraction of sp³-hybridized carbons (Fsp3) is 0.500. The Hall–Kier alpha value is -2.57. The summed E-state index contributed by atoms with van der Waals surface area (Å²) < 4.78 is 34.5. The Labute approximate surface area is 234 Å². The molecule has 39 heavy (non-hydrogen) atoms. The molecule has 1 N–H and O–H groups in total. The van der Waals surface area contributed by atoms with E-state index in [4.69, 9.17) is 9.72 Å². The summed E-state index contributed by atoms with van der Waals surface area (Å²) in [6.07, 6.45) is 0.718. The average Bonchev–Trinajstić information content (AvgIpc) is 3.36. The minimum atomic E-state index is -3.63. The lowest BCUT2D eigenvalue weighted by molar-refractivity contribution is -0.0440. The molecule has 0 radical (unpaired) electrons. The second-order valence-corrected chi connectivity index (χ2v) is 13.3. The smallest absolute Gasteiger partial charge is 0.251 e. The quantitative estimate of drug-likeness (QED) is 0.444. The van der Waals surface area contributed by atoms with Crippen molar-refractivity contribution in [1.29, 1.82) is 0 Å². The lowest BCUT2D eigenvalue weighted by atomic mass is 10.2. The van der Waals surface area contributed by atoms with E-state index in [1.807, 2.05) is 13.8 Å². The zero-order valence-electron chi connectivity index (χ0n) is 22.8. The van der Waals surface area contributed by atoms with Crippen LogP contribution < -0.4 is 10.2 Å². The first-order valence-corrected chi connectivity index (χ1v) is 15.9. The van der Waals surface area contributed by atoms with Crippen molar-refractivity contribution in [2.45, 2.75) is 44.3 Å². The van der Waals surface area contributed by atoms with Crippen molar-refractivity contribution in [2.75, 3.05) is 57.3 Å². The van der Waals surface area contributed by atoms with Crippen LogP contribution in [0.4, 0.5) is 5.13 Å². The number of anilines is 1. The van der Waals surface area contributed by atoms with Crippen LogP contribution in [0.15, 0.2) is 47.4 Å². The highest BCUT2D eigenvalue weighted by molar-refractivity contribution is 7.89. The number of aromatic nitrogens is 1. The van der Waals surface area contributed by atoms with Crippen LogP contribution in [0.3, 0.4) is 0 Å². The van der Waals surface area contributed by atoms with Gasteiger partial charge in [0.25, 0.3) is 5.91 Å². The van der Waals surface area contributed by atoms with E-state index in [1.165, 1.54) is 26.7 Å². The zero-order chi connectivity index (χ0) is 27.6. The van der Waals surface area contributed by atoms with E-state index >= 15 is 0 Å². The molecule has 0 spiro atoms. The van der Waals surface area contributed by atoms with Gasteiger partial charge in [0.2, 0.25) is 10.0 Å². The maximum absolute atomic E-state index is 13.0. The standard InChI is InChI=1S/C28H37N5O4S2/c1-4-22-5-10-25-26(17-22)38-28(30-25)32-15-13-31(14-16-32)12-11-29-27(34)23-6-8-24(9-7-23)39(35,36)33-18-20(2)37-21(3)19-33/h5-10,17,20-21H,4,11-16,18-19H2,1-3H3,(H,29,34). The Kier molecular flexibility index (Phi) is 8.53. The summed E-state index contributed by atoms with van der Waals surface area (Å²) in [4.78, 5) is 22.4. The molecule has 3 heterocycles. The van der Waals surface area contributed by atoms with E-state index in [2.05, 4.69) is 40.2 Å². The highest BCUT2D eigenvalue weighted by atomic mass is 32.2. The Balaban J connectivity index is 1.08. The molecule has 9 nitrogen and oxygen atoms in total. The molecule has 2 atom stereocenters. The van der Waals surface area contributed by atoms with Crippen LogP contribution in [0.5, 0.6) is 0 Å². The monoisotopic (exact) mass is 571 g/mol. The summed E-state index contributed by atoms with van der Waals surface area (Å²) in [7, 11) is -3.63. The van der Waals surface area contributed by atoms with Crippen LogP contribution in [0.25, 0.3) is 10.2 Å². The van der Waals surface area contributed by atoms with Crippen molar-refractivity contribution < 1.29 is 17.9 Å². The largest absolute Gasteiger partial charge is 0.373 e. The molecule has 2 aliphatic heterocycles. The fourth-order valence-electron chi connectivity index (χ4n) is 5.16. The van der Waals surface area contributed by atoms with Crippen molar-refractivity contribution in [3.63, 3.8) is 0 Å². The SMILES string of the molecule is CCc1ccc2nc(N3CCN(CCNC(=O)c4ccc(S(=O)(=O)N5CC(C)OC(C)C5)cc4)CC3)sc2c1. The molecule has 0 bridgehead atoms. The highest BCUT2D eigenvalue weighted by Crippen LogP contribution is 2.30. The number of hydrogen-bond acceptors (Lipinski definition) is 8. The number of nitrogens with zero attached hydrogens (tertiary/aromatic N) is 4. The number of carbonyl (C=O) groups is 1. The Morgan fingerprint density at radius 2 is 1.74 bits per heavy atom. The molecule has 11 heteroatoms. The van der Waals surface area contributed by atoms with Gasteiger partial charge in [0.1, 0.15) is 0 Å². The minimum Gasteiger partial charge on any atom is -0.373 e. The average molecular weight is 572 g/mol. The van der Waals surface area contributed by atoms with E-state index in [9.17, 15) is 13.2 Å². The first-order valence-electron chi connectivity index (χ1n) is 13.6. The van der Waals surface area contributed by atoms with Crippen molar-refractivity contribution in [2.24, 2.45) is 0 Å². The van der Waals surface area contributed by atoms with Gasteiger partial charge in [-0.2, -0.15) is 4.31 Å². The van der Waals surface area contributed by atoms with Crippen LogP contribution in [0.1, 0.15) is 36.7 Å². The maximum Gasteiger partial charge on any atom is 0.251 e. The zero-order valence-corrected chi connectivity index (χ0v) is 24.4. The van der Waals surface area contributed by atoms with Gasteiger partial charge in [0.05, 0.1) is 27.3 Å². The van der Waals surface area contributed by atoms with Crippen LogP contribution in [0, 0.1) is 0 Å². The number of fused-ring (bicyclic) bond motifs is 1. The number of morpholine rings is 1. The molecule has 5 rings (SSSR count). The van der Waals surface area contributed by atoms with E-state index in [0.717, 1.165) is 49.8 Å². The van der Waals surface area contributed by atoms with Crippen LogP contribution >= 0.6 is 11.3 Å². The Bertz CT molecular complexity index is 1390. The molecule has 1 aromatic heterocycles. The van der Waals surface area contributed by atoms with Crippen LogP contribution in [-0.2, 0) is 21.2 Å². The Morgan fingerprint density at radius 1 is 1.05 bits per heavy atom. The van der Waals surface area contributed by atoms with Gasteiger partial charge in [-0.3, -0.25) is 9.69 Å². The van der Waals surface area contributed by atoms with E-state index in [1.54, 1.807) is 23.5 Å². The number of ether oxygens (including phenoxy) is 1. The molecule has 0 aliphatic carbocycles. The maximum atomic E-state index is 13.0.